The smallest absolute Gasteiger partial charge is 0.204 e. The number of tetrazole rings is 1. The Bertz CT molecular complexity index is 837. The minimum atomic E-state index is -0.736. The van der Waals surface area contributed by atoms with Crippen LogP contribution >= 0.6 is 11.6 Å². The van der Waals surface area contributed by atoms with Crippen LogP contribution in [0.15, 0.2) is 48.5 Å². The third kappa shape index (κ3) is 5.75. The first kappa shape index (κ1) is 19.3. The minimum absolute atomic E-state index is 0.169. The van der Waals surface area contributed by atoms with Gasteiger partial charge in [0.1, 0.15) is 5.75 Å². The summed E-state index contributed by atoms with van der Waals surface area (Å²) in [6, 6.07) is 14.8. The molecule has 0 spiro atoms. The molecule has 0 bridgehead atoms. The number of halogens is 1. The summed E-state index contributed by atoms with van der Waals surface area (Å²) in [4.78, 5) is 1.36. The van der Waals surface area contributed by atoms with Crippen LogP contribution in [0.3, 0.4) is 0 Å². The third-order valence-corrected chi connectivity index (χ3v) is 3.99. The number of benzene rings is 2. The first-order chi connectivity index (χ1) is 13.1. The van der Waals surface area contributed by atoms with Crippen LogP contribution in [-0.2, 0) is 17.9 Å². The summed E-state index contributed by atoms with van der Waals surface area (Å²) in [6.45, 7) is 3.32. The SMILES string of the molecule is CCOc1ccc(-c2nnn(C[C@@H](O)COCc3ccc(Cl)cc3)n2)cc1. The molecule has 0 aliphatic heterocycles. The molecule has 0 saturated heterocycles. The molecule has 0 saturated carbocycles. The minimum Gasteiger partial charge on any atom is -0.494 e. The fraction of sp³-hybridized carbons (Fsp3) is 0.316. The van der Waals surface area contributed by atoms with Crippen molar-refractivity contribution in [2.24, 2.45) is 0 Å². The van der Waals surface area contributed by atoms with E-state index in [0.29, 0.717) is 24.1 Å². The molecule has 142 valence electrons. The van der Waals surface area contributed by atoms with E-state index < -0.39 is 6.10 Å². The zero-order valence-electron chi connectivity index (χ0n) is 15.0. The van der Waals surface area contributed by atoms with E-state index in [1.165, 1.54) is 4.80 Å². The molecule has 0 radical (unpaired) electrons. The van der Waals surface area contributed by atoms with Gasteiger partial charge < -0.3 is 14.6 Å². The van der Waals surface area contributed by atoms with Crippen LogP contribution in [0.2, 0.25) is 5.02 Å². The summed E-state index contributed by atoms with van der Waals surface area (Å²) in [5, 5.41) is 23.1. The van der Waals surface area contributed by atoms with Crippen LogP contribution in [0.25, 0.3) is 11.4 Å². The molecule has 0 fully saturated rings. The van der Waals surface area contributed by atoms with Gasteiger partial charge in [0, 0.05) is 10.6 Å². The molecule has 1 heterocycles. The Morgan fingerprint density at radius 3 is 2.56 bits per heavy atom. The van der Waals surface area contributed by atoms with Crippen molar-refractivity contribution in [2.45, 2.75) is 26.2 Å². The summed E-state index contributed by atoms with van der Waals surface area (Å²) >= 11 is 5.84. The van der Waals surface area contributed by atoms with Gasteiger partial charge in [-0.2, -0.15) is 4.80 Å². The number of ether oxygens (including phenoxy) is 2. The second-order valence-corrected chi connectivity index (χ2v) is 6.36. The molecule has 0 aliphatic rings. The molecule has 0 unspecified atom stereocenters. The van der Waals surface area contributed by atoms with Crippen LogP contribution in [0.5, 0.6) is 5.75 Å². The highest BCUT2D eigenvalue weighted by atomic mass is 35.5. The monoisotopic (exact) mass is 388 g/mol. The molecule has 1 aromatic heterocycles. The van der Waals surface area contributed by atoms with E-state index >= 15 is 0 Å². The van der Waals surface area contributed by atoms with Crippen molar-refractivity contribution in [3.63, 3.8) is 0 Å². The lowest BCUT2D eigenvalue weighted by atomic mass is 10.2. The Morgan fingerprint density at radius 1 is 1.11 bits per heavy atom. The van der Waals surface area contributed by atoms with Crippen LogP contribution in [-0.4, -0.2) is 44.6 Å². The standard InChI is InChI=1S/C19H21ClN4O3/c1-2-27-18-9-5-15(6-10-18)19-21-23-24(22-19)11-17(25)13-26-12-14-3-7-16(20)8-4-14/h3-10,17,25H,2,11-13H2,1H3/t17-/m1/s1. The van der Waals surface area contributed by atoms with Crippen LogP contribution < -0.4 is 4.74 Å². The van der Waals surface area contributed by atoms with Crippen LogP contribution in [0.4, 0.5) is 0 Å². The predicted molar refractivity (Wildman–Crippen MR) is 102 cm³/mol. The molecule has 8 heteroatoms. The summed E-state index contributed by atoms with van der Waals surface area (Å²) in [6.07, 6.45) is -0.736. The van der Waals surface area contributed by atoms with Gasteiger partial charge in [-0.05, 0) is 54.1 Å². The fourth-order valence-electron chi connectivity index (χ4n) is 2.44. The van der Waals surface area contributed by atoms with Crippen molar-refractivity contribution >= 4 is 11.6 Å². The van der Waals surface area contributed by atoms with Gasteiger partial charge in [0.25, 0.3) is 0 Å². The molecule has 0 aliphatic carbocycles. The average Bonchev–Trinajstić information content (AvgIpc) is 3.13. The topological polar surface area (TPSA) is 82.3 Å². The van der Waals surface area contributed by atoms with Crippen LogP contribution in [0.1, 0.15) is 12.5 Å². The normalized spacial score (nSPS) is 12.1. The molecular formula is C19H21ClN4O3. The van der Waals surface area contributed by atoms with E-state index in [4.69, 9.17) is 21.1 Å². The molecule has 7 nitrogen and oxygen atoms in total. The number of aliphatic hydroxyl groups is 1. The van der Waals surface area contributed by atoms with Crippen LogP contribution in [0, 0.1) is 0 Å². The van der Waals surface area contributed by atoms with Gasteiger partial charge in [0.05, 0.1) is 32.5 Å². The fourth-order valence-corrected chi connectivity index (χ4v) is 2.56. The predicted octanol–water partition coefficient (Wildman–Crippen LogP) is 2.97. The quantitative estimate of drug-likeness (QED) is 0.606. The maximum Gasteiger partial charge on any atom is 0.204 e. The van der Waals surface area contributed by atoms with Gasteiger partial charge >= 0.3 is 0 Å². The highest BCUT2D eigenvalue weighted by molar-refractivity contribution is 6.30. The molecule has 0 amide bonds. The zero-order chi connectivity index (χ0) is 19.1. The van der Waals surface area contributed by atoms with E-state index in [2.05, 4.69) is 15.4 Å². The van der Waals surface area contributed by atoms with Crippen molar-refractivity contribution in [3.8, 4) is 17.1 Å². The van der Waals surface area contributed by atoms with E-state index in [0.717, 1.165) is 16.9 Å². The van der Waals surface area contributed by atoms with E-state index in [1.54, 1.807) is 12.1 Å². The second kappa shape index (κ2) is 9.45. The van der Waals surface area contributed by atoms with Gasteiger partial charge in [0.15, 0.2) is 0 Å². The Hall–Kier alpha value is -2.48. The van der Waals surface area contributed by atoms with Crippen molar-refractivity contribution in [1.82, 2.24) is 20.2 Å². The lowest BCUT2D eigenvalue weighted by molar-refractivity contribution is 0.0165. The molecular weight excluding hydrogens is 368 g/mol. The first-order valence-corrected chi connectivity index (χ1v) is 9.03. The number of hydrogen-bond donors (Lipinski definition) is 1. The molecule has 1 N–H and O–H groups in total. The van der Waals surface area contributed by atoms with E-state index in [9.17, 15) is 5.11 Å². The third-order valence-electron chi connectivity index (χ3n) is 3.74. The summed E-state index contributed by atoms with van der Waals surface area (Å²) in [5.74, 6) is 1.29. The maximum absolute atomic E-state index is 10.1. The largest absolute Gasteiger partial charge is 0.494 e. The zero-order valence-corrected chi connectivity index (χ0v) is 15.7. The highest BCUT2D eigenvalue weighted by Gasteiger charge is 2.11. The molecule has 1 atom stereocenters. The summed E-state index contributed by atoms with van der Waals surface area (Å²) in [5.41, 5.74) is 1.82. The molecule has 3 aromatic rings. The van der Waals surface area contributed by atoms with Crippen molar-refractivity contribution in [2.75, 3.05) is 13.2 Å². The molecule has 27 heavy (non-hydrogen) atoms. The average molecular weight is 389 g/mol. The van der Waals surface area contributed by atoms with Gasteiger partial charge in [-0.15, -0.1) is 10.2 Å². The maximum atomic E-state index is 10.1. The Kier molecular flexibility index (Phi) is 6.75. The Morgan fingerprint density at radius 2 is 1.85 bits per heavy atom. The Labute approximate surface area is 162 Å². The van der Waals surface area contributed by atoms with Crippen molar-refractivity contribution in [1.29, 1.82) is 0 Å². The molecule has 2 aromatic carbocycles. The van der Waals surface area contributed by atoms with Gasteiger partial charge in [-0.25, -0.2) is 0 Å². The van der Waals surface area contributed by atoms with Gasteiger partial charge in [-0.3, -0.25) is 0 Å². The van der Waals surface area contributed by atoms with Crippen molar-refractivity contribution < 1.29 is 14.6 Å². The van der Waals surface area contributed by atoms with Gasteiger partial charge in [-0.1, -0.05) is 23.7 Å². The first-order valence-electron chi connectivity index (χ1n) is 8.65. The van der Waals surface area contributed by atoms with E-state index in [1.807, 2.05) is 43.3 Å². The number of nitrogens with zero attached hydrogens (tertiary/aromatic N) is 4. The number of rotatable bonds is 9. The van der Waals surface area contributed by atoms with Gasteiger partial charge in [0.2, 0.25) is 5.82 Å². The highest BCUT2D eigenvalue weighted by Crippen LogP contribution is 2.18. The number of aromatic nitrogens is 4. The second-order valence-electron chi connectivity index (χ2n) is 5.92. The molecule has 3 rings (SSSR count). The van der Waals surface area contributed by atoms with E-state index in [-0.39, 0.29) is 13.2 Å². The Balaban J connectivity index is 1.48. The number of hydrogen-bond acceptors (Lipinski definition) is 6. The summed E-state index contributed by atoms with van der Waals surface area (Å²) in [7, 11) is 0. The summed E-state index contributed by atoms with van der Waals surface area (Å²) < 4.78 is 10.9. The lowest BCUT2D eigenvalue weighted by Gasteiger charge is -2.10. The number of aliphatic hydroxyl groups excluding tert-OH is 1. The lowest BCUT2D eigenvalue weighted by Crippen LogP contribution is -2.23. The van der Waals surface area contributed by atoms with Crippen molar-refractivity contribution in [3.05, 3.63) is 59.1 Å².